The Labute approximate surface area is 277 Å². The fourth-order valence-corrected chi connectivity index (χ4v) is 7.74. The van der Waals surface area contributed by atoms with Gasteiger partial charge in [-0.05, 0) is 62.1 Å². The molecule has 11 nitrogen and oxygen atoms in total. The topological polar surface area (TPSA) is 139 Å². The van der Waals surface area contributed by atoms with Crippen LogP contribution < -0.4 is 10.6 Å². The van der Waals surface area contributed by atoms with Crippen molar-refractivity contribution in [1.82, 2.24) is 30.3 Å². The van der Waals surface area contributed by atoms with Crippen LogP contribution >= 0.6 is 22.9 Å². The van der Waals surface area contributed by atoms with E-state index in [1.165, 1.54) is 11.0 Å². The normalized spacial score (nSPS) is 18.7. The number of halogens is 2. The number of hydrogen-bond acceptors (Lipinski definition) is 8. The van der Waals surface area contributed by atoms with Gasteiger partial charge in [-0.25, -0.2) is 4.39 Å². The van der Waals surface area contributed by atoms with Crippen LogP contribution in [0, 0.1) is 26.6 Å². The first-order valence-corrected chi connectivity index (χ1v) is 16.3. The van der Waals surface area contributed by atoms with Crippen LogP contribution in [-0.2, 0) is 27.5 Å². The van der Waals surface area contributed by atoms with Gasteiger partial charge in [0.2, 0.25) is 17.7 Å². The Kier molecular flexibility index (Phi) is 7.75. The number of carbonyl (C=O) groups is 4. The van der Waals surface area contributed by atoms with E-state index in [0.717, 1.165) is 32.3 Å². The number of nitrogens with one attached hydrogen (secondary N) is 2. The van der Waals surface area contributed by atoms with E-state index in [1.807, 2.05) is 23.6 Å². The Bertz CT molecular complexity index is 2040. The average Bonchev–Trinajstić information content (AvgIpc) is 3.64. The summed E-state index contributed by atoms with van der Waals surface area (Å²) in [7, 11) is 0. The Morgan fingerprint density at radius 2 is 1.87 bits per heavy atom. The number of imide groups is 1. The molecule has 1 fully saturated rings. The molecule has 1 unspecified atom stereocenters. The van der Waals surface area contributed by atoms with Crippen molar-refractivity contribution in [3.8, 4) is 5.00 Å². The molecular weight excluding hydrogens is 645 g/mol. The number of hydrogen-bond donors (Lipinski definition) is 2. The minimum atomic E-state index is -0.851. The largest absolute Gasteiger partial charge is 0.352 e. The van der Waals surface area contributed by atoms with Crippen molar-refractivity contribution in [3.63, 3.8) is 0 Å². The molecule has 240 valence electrons. The van der Waals surface area contributed by atoms with E-state index in [2.05, 4.69) is 34.7 Å². The van der Waals surface area contributed by atoms with E-state index in [0.29, 0.717) is 27.8 Å². The number of rotatable bonds is 6. The minimum Gasteiger partial charge on any atom is -0.352 e. The minimum absolute atomic E-state index is 0.00742. The van der Waals surface area contributed by atoms with Crippen LogP contribution in [0.4, 0.5) is 4.39 Å². The van der Waals surface area contributed by atoms with E-state index < -0.39 is 35.6 Å². The number of fused-ring (bicyclic) bond motifs is 4. The fraction of sp³-hybridized carbons (Fsp3) is 0.303. The van der Waals surface area contributed by atoms with Gasteiger partial charge in [0.25, 0.3) is 5.91 Å². The molecule has 0 bridgehead atoms. The Balaban J connectivity index is 1.13. The van der Waals surface area contributed by atoms with Gasteiger partial charge in [-0.15, -0.1) is 21.5 Å². The number of aromatic nitrogens is 3. The molecule has 0 spiro atoms. The Morgan fingerprint density at radius 3 is 2.62 bits per heavy atom. The Morgan fingerprint density at radius 1 is 1.11 bits per heavy atom. The van der Waals surface area contributed by atoms with Crippen molar-refractivity contribution >= 4 is 52.3 Å². The molecule has 5 heterocycles. The average molecular weight is 674 g/mol. The molecule has 7 rings (SSSR count). The van der Waals surface area contributed by atoms with Crippen LogP contribution in [0.25, 0.3) is 5.00 Å². The summed E-state index contributed by atoms with van der Waals surface area (Å²) < 4.78 is 17.2. The van der Waals surface area contributed by atoms with Gasteiger partial charge in [-0.3, -0.25) is 34.1 Å². The molecule has 1 saturated heterocycles. The van der Waals surface area contributed by atoms with Crippen molar-refractivity contribution < 1.29 is 23.6 Å². The van der Waals surface area contributed by atoms with Crippen LogP contribution in [0.15, 0.2) is 41.4 Å². The first-order valence-electron chi connectivity index (χ1n) is 15.1. The van der Waals surface area contributed by atoms with Crippen molar-refractivity contribution in [1.29, 1.82) is 0 Å². The summed E-state index contributed by atoms with van der Waals surface area (Å²) in [4.78, 5) is 58.0. The fourth-order valence-electron chi connectivity index (χ4n) is 6.40. The van der Waals surface area contributed by atoms with Crippen LogP contribution in [0.3, 0.4) is 0 Å². The molecule has 4 aromatic rings. The molecule has 14 heteroatoms. The van der Waals surface area contributed by atoms with E-state index in [-0.39, 0.29) is 43.8 Å². The van der Waals surface area contributed by atoms with Gasteiger partial charge in [0.15, 0.2) is 5.82 Å². The highest BCUT2D eigenvalue weighted by Gasteiger charge is 2.40. The number of aliphatic imine (C=N–C) groups is 1. The molecule has 47 heavy (non-hydrogen) atoms. The molecule has 3 aliphatic rings. The van der Waals surface area contributed by atoms with E-state index in [4.69, 9.17) is 16.6 Å². The zero-order chi connectivity index (χ0) is 33.1. The number of thiophene rings is 1. The lowest BCUT2D eigenvalue weighted by atomic mass is 9.99. The SMILES string of the molecule is Cc1sc2c(c1C)C(c1ccc(Cl)cc1)=N[C@@H](CC(=O)NCc1cc(F)c3c(c1)CN(C1CCC(=O)NC1=O)C3=O)c1nnc(C)n1-2. The smallest absolute Gasteiger partial charge is 0.258 e. The van der Waals surface area contributed by atoms with E-state index >= 15 is 4.39 Å². The predicted octanol–water partition coefficient (Wildman–Crippen LogP) is 4.41. The first kappa shape index (κ1) is 30.9. The quantitative estimate of drug-likeness (QED) is 0.291. The maximum atomic E-state index is 15.2. The highest BCUT2D eigenvalue weighted by Crippen LogP contribution is 2.39. The summed E-state index contributed by atoms with van der Waals surface area (Å²) in [5.74, 6) is -1.40. The van der Waals surface area contributed by atoms with Crippen LogP contribution in [0.2, 0.25) is 5.02 Å². The van der Waals surface area contributed by atoms with Crippen molar-refractivity contribution in [2.45, 2.75) is 65.2 Å². The number of nitrogens with zero attached hydrogens (tertiary/aromatic N) is 5. The first-order chi connectivity index (χ1) is 22.5. The summed E-state index contributed by atoms with van der Waals surface area (Å²) in [5, 5.41) is 15.4. The number of amides is 4. The maximum absolute atomic E-state index is 15.2. The second kappa shape index (κ2) is 11.8. The molecule has 2 N–H and O–H groups in total. The molecule has 4 amide bonds. The molecule has 2 aromatic heterocycles. The standard InChI is InChI=1S/C33H29ClFN7O4S/c1-15-16(2)47-33-27(15)29(19-4-6-21(34)7-5-19)37-23(30-40-39-17(3)42(30)33)12-26(44)36-13-18-10-20-14-41(32(46)28(20)22(35)11-18)24-8-9-25(43)38-31(24)45/h4-7,10-11,23-24H,8-9,12-14H2,1-3H3,(H,36,44)(H,38,43,45)/t23-,24?/m0/s1. The lowest BCUT2D eigenvalue weighted by Crippen LogP contribution is -2.52. The third kappa shape index (κ3) is 5.42. The maximum Gasteiger partial charge on any atom is 0.258 e. The molecule has 0 saturated carbocycles. The highest BCUT2D eigenvalue weighted by atomic mass is 35.5. The third-order valence-electron chi connectivity index (χ3n) is 8.86. The van der Waals surface area contributed by atoms with Gasteiger partial charge in [0.05, 0.1) is 17.7 Å². The summed E-state index contributed by atoms with van der Waals surface area (Å²) in [5.41, 5.74) is 4.41. The van der Waals surface area contributed by atoms with Gasteiger partial charge in [0, 0.05) is 40.5 Å². The lowest BCUT2D eigenvalue weighted by Gasteiger charge is -2.29. The number of benzene rings is 2. The van der Waals surface area contributed by atoms with Gasteiger partial charge >= 0.3 is 0 Å². The predicted molar refractivity (Wildman–Crippen MR) is 172 cm³/mol. The van der Waals surface area contributed by atoms with Crippen molar-refractivity contribution in [2.24, 2.45) is 4.99 Å². The van der Waals surface area contributed by atoms with Crippen molar-refractivity contribution in [2.75, 3.05) is 0 Å². The number of aryl methyl sites for hydroxylation is 2. The van der Waals surface area contributed by atoms with Crippen LogP contribution in [-0.4, -0.2) is 55.0 Å². The van der Waals surface area contributed by atoms with Crippen LogP contribution in [0.1, 0.15) is 80.0 Å². The zero-order valence-corrected chi connectivity index (χ0v) is 27.3. The van der Waals surface area contributed by atoms with E-state index in [1.54, 1.807) is 29.5 Å². The van der Waals surface area contributed by atoms with Gasteiger partial charge in [0.1, 0.15) is 28.7 Å². The second-order valence-corrected chi connectivity index (χ2v) is 13.5. The number of piperidine rings is 1. The summed E-state index contributed by atoms with van der Waals surface area (Å²) in [6, 6.07) is 8.78. The molecule has 2 aromatic carbocycles. The lowest BCUT2D eigenvalue weighted by molar-refractivity contribution is -0.137. The molecule has 3 aliphatic heterocycles. The molecule has 0 radical (unpaired) electrons. The third-order valence-corrected chi connectivity index (χ3v) is 10.3. The molecule has 0 aliphatic carbocycles. The zero-order valence-electron chi connectivity index (χ0n) is 25.7. The highest BCUT2D eigenvalue weighted by molar-refractivity contribution is 7.15. The summed E-state index contributed by atoms with van der Waals surface area (Å²) in [6.45, 7) is 6.01. The van der Waals surface area contributed by atoms with Gasteiger partial charge in [-0.1, -0.05) is 29.8 Å². The number of carbonyl (C=O) groups excluding carboxylic acids is 4. The Hall–Kier alpha value is -4.75. The van der Waals surface area contributed by atoms with Crippen LogP contribution in [0.5, 0.6) is 0 Å². The molecule has 2 atom stereocenters. The molecular formula is C33H29ClFN7O4S. The summed E-state index contributed by atoms with van der Waals surface area (Å²) in [6.07, 6.45) is 0.238. The summed E-state index contributed by atoms with van der Waals surface area (Å²) >= 11 is 7.81. The van der Waals surface area contributed by atoms with Crippen molar-refractivity contribution in [3.05, 3.63) is 97.1 Å². The second-order valence-electron chi connectivity index (χ2n) is 11.9. The van der Waals surface area contributed by atoms with Gasteiger partial charge < -0.3 is 10.2 Å². The monoisotopic (exact) mass is 673 g/mol. The van der Waals surface area contributed by atoms with Gasteiger partial charge in [-0.2, -0.15) is 0 Å². The van der Waals surface area contributed by atoms with E-state index in [9.17, 15) is 19.2 Å².